The first-order valence-corrected chi connectivity index (χ1v) is 8.00. The first-order chi connectivity index (χ1) is 11.5. The Morgan fingerprint density at radius 3 is 2.50 bits per heavy atom. The molecule has 1 unspecified atom stereocenters. The van der Waals surface area contributed by atoms with Crippen molar-refractivity contribution in [1.29, 1.82) is 0 Å². The highest BCUT2D eigenvalue weighted by atomic mass is 16.2. The van der Waals surface area contributed by atoms with Crippen molar-refractivity contribution in [3.8, 4) is 0 Å². The largest absolute Gasteiger partial charge is 0.305 e. The van der Waals surface area contributed by atoms with Crippen LogP contribution < -0.4 is 5.32 Å². The molecule has 1 aromatic rings. The molecule has 124 valence electrons. The van der Waals surface area contributed by atoms with Crippen molar-refractivity contribution in [3.05, 3.63) is 34.9 Å². The molecule has 0 saturated carbocycles. The van der Waals surface area contributed by atoms with Gasteiger partial charge < -0.3 is 4.90 Å². The summed E-state index contributed by atoms with van der Waals surface area (Å²) in [4.78, 5) is 52.2. The van der Waals surface area contributed by atoms with Gasteiger partial charge in [-0.15, -0.1) is 0 Å². The number of piperidine rings is 1. The lowest BCUT2D eigenvalue weighted by Gasteiger charge is -2.37. The van der Waals surface area contributed by atoms with Crippen LogP contribution in [0.4, 0.5) is 0 Å². The molecule has 3 aliphatic rings. The van der Waals surface area contributed by atoms with Crippen molar-refractivity contribution in [2.75, 3.05) is 20.1 Å². The SMILES string of the molecule is CN1CC(c2cccc3c2C(=O)N(C2CCC(=O)NC2=O)C3=O)C1. The molecule has 0 aromatic heterocycles. The number of benzene rings is 1. The number of fused-ring (bicyclic) bond motifs is 1. The third-order valence-electron chi connectivity index (χ3n) is 5.00. The van der Waals surface area contributed by atoms with E-state index < -0.39 is 23.8 Å². The minimum atomic E-state index is -0.910. The molecule has 3 aliphatic heterocycles. The molecule has 1 aromatic carbocycles. The standard InChI is InChI=1S/C17H17N3O4/c1-19-7-9(8-19)10-3-2-4-11-14(10)17(24)20(16(11)23)12-5-6-13(21)18-15(12)22/h2-4,9,12H,5-8H2,1H3,(H,18,21,22). The maximum absolute atomic E-state index is 12.9. The van der Waals surface area contributed by atoms with Crippen LogP contribution in [0.15, 0.2) is 18.2 Å². The predicted molar refractivity (Wildman–Crippen MR) is 83.4 cm³/mol. The summed E-state index contributed by atoms with van der Waals surface area (Å²) in [5, 5.41) is 2.21. The van der Waals surface area contributed by atoms with Crippen molar-refractivity contribution in [1.82, 2.24) is 15.1 Å². The molecule has 0 aliphatic carbocycles. The van der Waals surface area contributed by atoms with Gasteiger partial charge in [0.1, 0.15) is 6.04 Å². The summed E-state index contributed by atoms with van der Waals surface area (Å²) in [6.07, 6.45) is 0.307. The zero-order valence-electron chi connectivity index (χ0n) is 13.2. The van der Waals surface area contributed by atoms with Gasteiger partial charge in [-0.25, -0.2) is 0 Å². The van der Waals surface area contributed by atoms with Gasteiger partial charge in [0, 0.05) is 25.4 Å². The molecule has 3 heterocycles. The number of carbonyl (C=O) groups is 4. The summed E-state index contributed by atoms with van der Waals surface area (Å²) < 4.78 is 0. The number of rotatable bonds is 2. The maximum Gasteiger partial charge on any atom is 0.262 e. The third-order valence-corrected chi connectivity index (χ3v) is 5.00. The van der Waals surface area contributed by atoms with Crippen LogP contribution in [0.5, 0.6) is 0 Å². The number of hydrogen-bond donors (Lipinski definition) is 1. The lowest BCUT2D eigenvalue weighted by molar-refractivity contribution is -0.136. The number of amides is 4. The van der Waals surface area contributed by atoms with Crippen LogP contribution in [0.3, 0.4) is 0 Å². The van der Waals surface area contributed by atoms with Crippen LogP contribution in [0.2, 0.25) is 0 Å². The fraction of sp³-hybridized carbons (Fsp3) is 0.412. The summed E-state index contributed by atoms with van der Waals surface area (Å²) in [6, 6.07) is 4.39. The maximum atomic E-state index is 12.9. The van der Waals surface area contributed by atoms with E-state index in [0.29, 0.717) is 11.1 Å². The Kier molecular flexibility index (Phi) is 3.28. The van der Waals surface area contributed by atoms with Crippen LogP contribution in [-0.2, 0) is 9.59 Å². The lowest BCUT2D eigenvalue weighted by Crippen LogP contribution is -2.54. The molecule has 1 atom stereocenters. The molecule has 7 nitrogen and oxygen atoms in total. The van der Waals surface area contributed by atoms with E-state index in [2.05, 4.69) is 10.2 Å². The topological polar surface area (TPSA) is 86.8 Å². The summed E-state index contributed by atoms with van der Waals surface area (Å²) in [5.74, 6) is -1.59. The molecule has 0 bridgehead atoms. The van der Waals surface area contributed by atoms with E-state index in [0.717, 1.165) is 23.6 Å². The van der Waals surface area contributed by atoms with Crippen LogP contribution in [0.25, 0.3) is 0 Å². The second-order valence-corrected chi connectivity index (χ2v) is 6.64. The summed E-state index contributed by atoms with van der Waals surface area (Å²) >= 11 is 0. The third kappa shape index (κ3) is 2.08. The van der Waals surface area contributed by atoms with Gasteiger partial charge in [-0.3, -0.25) is 29.4 Å². The fourth-order valence-corrected chi connectivity index (χ4v) is 3.78. The molecule has 2 fully saturated rings. The molecular weight excluding hydrogens is 310 g/mol. The Hall–Kier alpha value is -2.54. The Labute approximate surface area is 138 Å². The Morgan fingerprint density at radius 2 is 1.83 bits per heavy atom. The van der Waals surface area contributed by atoms with E-state index in [-0.39, 0.29) is 24.7 Å². The van der Waals surface area contributed by atoms with Gasteiger partial charge in [-0.05, 0) is 25.1 Å². The van der Waals surface area contributed by atoms with Gasteiger partial charge in [0.05, 0.1) is 11.1 Å². The van der Waals surface area contributed by atoms with Crippen LogP contribution in [0.1, 0.15) is 45.0 Å². The number of nitrogens with one attached hydrogen (secondary N) is 1. The van der Waals surface area contributed by atoms with E-state index in [4.69, 9.17) is 0 Å². The summed E-state index contributed by atoms with van der Waals surface area (Å²) in [6.45, 7) is 1.69. The number of hydrogen-bond acceptors (Lipinski definition) is 5. The van der Waals surface area contributed by atoms with E-state index >= 15 is 0 Å². The quantitative estimate of drug-likeness (QED) is 0.780. The normalized spacial score (nSPS) is 24.9. The van der Waals surface area contributed by atoms with Gasteiger partial charge >= 0.3 is 0 Å². The second-order valence-electron chi connectivity index (χ2n) is 6.64. The van der Waals surface area contributed by atoms with Crippen molar-refractivity contribution in [3.63, 3.8) is 0 Å². The van der Waals surface area contributed by atoms with Crippen LogP contribution >= 0.6 is 0 Å². The molecule has 7 heteroatoms. The van der Waals surface area contributed by atoms with Crippen molar-refractivity contribution < 1.29 is 19.2 Å². The number of likely N-dealkylation sites (N-methyl/N-ethyl adjacent to an activating group) is 1. The first-order valence-electron chi connectivity index (χ1n) is 8.00. The molecule has 4 rings (SSSR count). The van der Waals surface area contributed by atoms with E-state index in [1.807, 2.05) is 13.1 Å². The highest BCUT2D eigenvalue weighted by molar-refractivity contribution is 6.24. The number of imide groups is 2. The Bertz CT molecular complexity index is 782. The minimum absolute atomic E-state index is 0.129. The molecular formula is C17H17N3O4. The number of nitrogens with zero attached hydrogens (tertiary/aromatic N) is 2. The molecule has 0 spiro atoms. The fourth-order valence-electron chi connectivity index (χ4n) is 3.78. The Morgan fingerprint density at radius 1 is 1.08 bits per heavy atom. The lowest BCUT2D eigenvalue weighted by atomic mass is 9.87. The molecule has 2 saturated heterocycles. The minimum Gasteiger partial charge on any atom is -0.305 e. The Balaban J connectivity index is 1.70. The smallest absolute Gasteiger partial charge is 0.262 e. The van der Waals surface area contributed by atoms with Crippen LogP contribution in [-0.4, -0.2) is 59.6 Å². The summed E-state index contributed by atoms with van der Waals surface area (Å²) in [5.41, 5.74) is 1.65. The van der Waals surface area contributed by atoms with Crippen molar-refractivity contribution in [2.24, 2.45) is 0 Å². The number of carbonyl (C=O) groups excluding carboxylic acids is 4. The van der Waals surface area contributed by atoms with Gasteiger partial charge in [-0.1, -0.05) is 12.1 Å². The van der Waals surface area contributed by atoms with E-state index in [1.165, 1.54) is 0 Å². The van der Waals surface area contributed by atoms with Gasteiger partial charge in [-0.2, -0.15) is 0 Å². The average Bonchev–Trinajstić information content (AvgIpc) is 2.77. The first kappa shape index (κ1) is 15.0. The van der Waals surface area contributed by atoms with Crippen molar-refractivity contribution >= 4 is 23.6 Å². The highest BCUT2D eigenvalue weighted by Crippen LogP contribution is 2.35. The average molecular weight is 327 g/mol. The van der Waals surface area contributed by atoms with Gasteiger partial charge in [0.2, 0.25) is 11.8 Å². The second kappa shape index (κ2) is 5.24. The molecule has 1 N–H and O–H groups in total. The number of likely N-dealkylation sites (tertiary alicyclic amines) is 1. The predicted octanol–water partition coefficient (Wildman–Crippen LogP) is 0.117. The monoisotopic (exact) mass is 327 g/mol. The highest BCUT2D eigenvalue weighted by Gasteiger charge is 2.46. The zero-order chi connectivity index (χ0) is 17.0. The van der Waals surface area contributed by atoms with Gasteiger partial charge in [0.25, 0.3) is 11.8 Å². The van der Waals surface area contributed by atoms with E-state index in [1.54, 1.807) is 12.1 Å². The zero-order valence-corrected chi connectivity index (χ0v) is 13.2. The molecule has 0 radical (unpaired) electrons. The van der Waals surface area contributed by atoms with E-state index in [9.17, 15) is 19.2 Å². The summed E-state index contributed by atoms with van der Waals surface area (Å²) in [7, 11) is 2.00. The molecule has 24 heavy (non-hydrogen) atoms. The van der Waals surface area contributed by atoms with Crippen LogP contribution in [0, 0.1) is 0 Å². The van der Waals surface area contributed by atoms with Crippen molar-refractivity contribution in [2.45, 2.75) is 24.8 Å². The van der Waals surface area contributed by atoms with Gasteiger partial charge in [0.15, 0.2) is 0 Å². The molecule has 4 amide bonds.